The largest absolute Gasteiger partial charge is 0.504 e. The number of ether oxygens (including phenoxy) is 1. The van der Waals surface area contributed by atoms with Gasteiger partial charge in [-0.2, -0.15) is 5.26 Å². The predicted octanol–water partition coefficient (Wildman–Crippen LogP) is 3.95. The highest BCUT2D eigenvalue weighted by atomic mass is 16.5. The van der Waals surface area contributed by atoms with Crippen LogP contribution in [-0.2, 0) is 4.79 Å². The molecule has 0 radical (unpaired) electrons. The summed E-state index contributed by atoms with van der Waals surface area (Å²) in [6.07, 6.45) is 1.46. The second-order valence-electron chi connectivity index (χ2n) is 5.66. The maximum Gasteiger partial charge on any atom is 0.266 e. The smallest absolute Gasteiger partial charge is 0.266 e. The van der Waals surface area contributed by atoms with Gasteiger partial charge < -0.3 is 15.2 Å². The van der Waals surface area contributed by atoms with E-state index in [1.807, 2.05) is 38.1 Å². The summed E-state index contributed by atoms with van der Waals surface area (Å²) in [4.78, 5) is 12.4. The molecule has 0 unspecified atom stereocenters. The van der Waals surface area contributed by atoms with Crippen molar-refractivity contribution < 1.29 is 14.6 Å². The number of benzene rings is 2. The van der Waals surface area contributed by atoms with Crippen LogP contribution in [0.5, 0.6) is 11.5 Å². The van der Waals surface area contributed by atoms with Crippen LogP contribution in [0.25, 0.3) is 6.08 Å². The van der Waals surface area contributed by atoms with Gasteiger partial charge in [-0.15, -0.1) is 0 Å². The van der Waals surface area contributed by atoms with E-state index < -0.39 is 5.91 Å². The molecule has 0 bridgehead atoms. The average Bonchev–Trinajstić information content (AvgIpc) is 2.54. The van der Waals surface area contributed by atoms with E-state index in [2.05, 4.69) is 5.32 Å². The van der Waals surface area contributed by atoms with Crippen molar-refractivity contribution in [1.29, 1.82) is 5.26 Å². The first-order chi connectivity index (χ1) is 11.9. The number of nitrogens with zero attached hydrogens (tertiary/aromatic N) is 1. The van der Waals surface area contributed by atoms with E-state index in [0.29, 0.717) is 23.6 Å². The van der Waals surface area contributed by atoms with Gasteiger partial charge in [0.2, 0.25) is 0 Å². The summed E-state index contributed by atoms with van der Waals surface area (Å²) < 4.78 is 5.31. The Morgan fingerprint density at radius 3 is 2.52 bits per heavy atom. The van der Waals surface area contributed by atoms with Gasteiger partial charge in [-0.3, -0.25) is 4.79 Å². The highest BCUT2D eigenvalue weighted by molar-refractivity contribution is 6.09. The first-order valence-corrected chi connectivity index (χ1v) is 7.90. The molecule has 0 aliphatic carbocycles. The van der Waals surface area contributed by atoms with Gasteiger partial charge in [-0.25, -0.2) is 0 Å². The van der Waals surface area contributed by atoms with Crippen molar-refractivity contribution in [1.82, 2.24) is 0 Å². The van der Waals surface area contributed by atoms with Crippen molar-refractivity contribution in [3.63, 3.8) is 0 Å². The molecule has 1 amide bonds. The van der Waals surface area contributed by atoms with Crippen molar-refractivity contribution in [3.8, 4) is 17.6 Å². The SMILES string of the molecule is CCOc1cc(/C=C(/C#N)C(=O)Nc2cc(C)cc(C)c2)ccc1O. The van der Waals surface area contributed by atoms with Crippen LogP contribution in [0.3, 0.4) is 0 Å². The number of aromatic hydroxyl groups is 1. The quantitative estimate of drug-likeness (QED) is 0.640. The van der Waals surface area contributed by atoms with Gasteiger partial charge in [0.05, 0.1) is 6.61 Å². The van der Waals surface area contributed by atoms with Gasteiger partial charge in [0.1, 0.15) is 11.6 Å². The predicted molar refractivity (Wildman–Crippen MR) is 97.4 cm³/mol. The zero-order valence-electron chi connectivity index (χ0n) is 14.5. The van der Waals surface area contributed by atoms with E-state index in [1.54, 1.807) is 19.1 Å². The number of amides is 1. The minimum absolute atomic E-state index is 0.0113. The molecular weight excluding hydrogens is 316 g/mol. The summed E-state index contributed by atoms with van der Waals surface area (Å²) in [7, 11) is 0. The Morgan fingerprint density at radius 1 is 1.24 bits per heavy atom. The molecule has 128 valence electrons. The fourth-order valence-corrected chi connectivity index (χ4v) is 2.45. The summed E-state index contributed by atoms with van der Waals surface area (Å²) in [5, 5.41) is 21.8. The van der Waals surface area contributed by atoms with Crippen LogP contribution < -0.4 is 10.1 Å². The number of nitriles is 1. The number of phenols is 1. The molecule has 0 aliphatic heterocycles. The van der Waals surface area contributed by atoms with Crippen molar-refractivity contribution in [3.05, 3.63) is 58.7 Å². The van der Waals surface area contributed by atoms with Crippen LogP contribution in [0.4, 0.5) is 5.69 Å². The third-order valence-electron chi connectivity index (χ3n) is 3.44. The molecule has 0 spiro atoms. The van der Waals surface area contributed by atoms with Gasteiger partial charge in [0.15, 0.2) is 11.5 Å². The molecule has 5 heteroatoms. The lowest BCUT2D eigenvalue weighted by Crippen LogP contribution is -2.13. The zero-order chi connectivity index (χ0) is 18.4. The molecule has 5 nitrogen and oxygen atoms in total. The number of aryl methyl sites for hydroxylation is 2. The Labute approximate surface area is 147 Å². The molecule has 0 heterocycles. The van der Waals surface area contributed by atoms with Crippen molar-refractivity contribution >= 4 is 17.7 Å². The van der Waals surface area contributed by atoms with E-state index >= 15 is 0 Å². The molecule has 0 aromatic heterocycles. The Balaban J connectivity index is 2.26. The van der Waals surface area contributed by atoms with E-state index in [1.165, 1.54) is 12.1 Å². The normalized spacial score (nSPS) is 10.9. The summed E-state index contributed by atoms with van der Waals surface area (Å²) in [6.45, 7) is 6.09. The molecule has 2 aromatic rings. The molecule has 0 aliphatic rings. The summed E-state index contributed by atoms with van der Waals surface area (Å²) in [5.74, 6) is -0.168. The number of phenolic OH excluding ortho intramolecular Hbond substituents is 1. The number of carbonyl (C=O) groups excluding carboxylic acids is 1. The maximum absolute atomic E-state index is 12.4. The number of carbonyl (C=O) groups is 1. The fourth-order valence-electron chi connectivity index (χ4n) is 2.45. The molecule has 0 atom stereocenters. The monoisotopic (exact) mass is 336 g/mol. The number of hydrogen-bond donors (Lipinski definition) is 2. The Hall–Kier alpha value is -3.26. The van der Waals surface area contributed by atoms with Gasteiger partial charge in [-0.05, 0) is 67.8 Å². The Bertz CT molecular complexity index is 843. The molecule has 0 saturated heterocycles. The van der Waals surface area contributed by atoms with E-state index in [4.69, 9.17) is 4.74 Å². The van der Waals surface area contributed by atoms with Crippen LogP contribution in [0, 0.1) is 25.2 Å². The van der Waals surface area contributed by atoms with Crippen molar-refractivity contribution in [2.45, 2.75) is 20.8 Å². The molecule has 2 rings (SSSR count). The number of nitrogens with one attached hydrogen (secondary N) is 1. The van der Waals surface area contributed by atoms with Gasteiger partial charge in [-0.1, -0.05) is 12.1 Å². The Morgan fingerprint density at radius 2 is 1.92 bits per heavy atom. The van der Waals surface area contributed by atoms with E-state index in [0.717, 1.165) is 11.1 Å². The number of anilines is 1. The number of rotatable bonds is 5. The highest BCUT2D eigenvalue weighted by Gasteiger charge is 2.11. The van der Waals surface area contributed by atoms with Crippen LogP contribution in [0.2, 0.25) is 0 Å². The first kappa shape index (κ1) is 18.1. The van der Waals surface area contributed by atoms with E-state index in [-0.39, 0.29) is 11.3 Å². The van der Waals surface area contributed by atoms with Crippen molar-refractivity contribution in [2.24, 2.45) is 0 Å². The van der Waals surface area contributed by atoms with Gasteiger partial charge in [0.25, 0.3) is 5.91 Å². The molecular formula is C20H20N2O3. The minimum atomic E-state index is -0.487. The standard InChI is InChI=1S/C20H20N2O3/c1-4-25-19-11-15(5-6-18(19)23)10-16(12-21)20(24)22-17-8-13(2)7-14(3)9-17/h5-11,23H,4H2,1-3H3,(H,22,24)/b16-10-. The molecule has 2 N–H and O–H groups in total. The topological polar surface area (TPSA) is 82.3 Å². The second-order valence-corrected chi connectivity index (χ2v) is 5.66. The average molecular weight is 336 g/mol. The third kappa shape index (κ3) is 4.85. The van der Waals surface area contributed by atoms with E-state index in [9.17, 15) is 15.2 Å². The van der Waals surface area contributed by atoms with Crippen LogP contribution in [0.15, 0.2) is 42.0 Å². The maximum atomic E-state index is 12.4. The molecule has 2 aromatic carbocycles. The van der Waals surface area contributed by atoms with Crippen LogP contribution >= 0.6 is 0 Å². The molecule has 0 saturated carbocycles. The lowest BCUT2D eigenvalue weighted by molar-refractivity contribution is -0.112. The van der Waals surface area contributed by atoms with Crippen LogP contribution in [-0.4, -0.2) is 17.6 Å². The lowest BCUT2D eigenvalue weighted by atomic mass is 10.1. The van der Waals surface area contributed by atoms with Crippen molar-refractivity contribution in [2.75, 3.05) is 11.9 Å². The third-order valence-corrected chi connectivity index (χ3v) is 3.44. The summed E-state index contributed by atoms with van der Waals surface area (Å²) >= 11 is 0. The summed E-state index contributed by atoms with van der Waals surface area (Å²) in [5.41, 5.74) is 3.25. The lowest BCUT2D eigenvalue weighted by Gasteiger charge is -2.08. The minimum Gasteiger partial charge on any atom is -0.504 e. The first-order valence-electron chi connectivity index (χ1n) is 7.90. The Kier molecular flexibility index (Phi) is 5.80. The fraction of sp³-hybridized carbons (Fsp3) is 0.200. The molecule has 25 heavy (non-hydrogen) atoms. The summed E-state index contributed by atoms with van der Waals surface area (Å²) in [6, 6.07) is 12.3. The second kappa shape index (κ2) is 8.02. The van der Waals surface area contributed by atoms with Gasteiger partial charge in [0, 0.05) is 5.69 Å². The van der Waals surface area contributed by atoms with Gasteiger partial charge >= 0.3 is 0 Å². The zero-order valence-corrected chi connectivity index (χ0v) is 14.5. The number of hydrogen-bond acceptors (Lipinski definition) is 4. The highest BCUT2D eigenvalue weighted by Crippen LogP contribution is 2.27. The molecule has 0 fully saturated rings. The van der Waals surface area contributed by atoms with Crippen LogP contribution in [0.1, 0.15) is 23.6 Å².